The number of carbonyl (C=O) groups is 1. The van der Waals surface area contributed by atoms with Crippen LogP contribution in [0, 0.1) is 0 Å². The lowest BCUT2D eigenvalue weighted by molar-refractivity contribution is -0.142. The van der Waals surface area contributed by atoms with Crippen molar-refractivity contribution < 1.29 is 14.3 Å². The molecule has 0 saturated carbocycles. The lowest BCUT2D eigenvalue weighted by Gasteiger charge is -2.16. The van der Waals surface area contributed by atoms with Gasteiger partial charge in [-0.1, -0.05) is 30.3 Å². The molecular formula is C14H15NO3. The Labute approximate surface area is 105 Å². The SMILES string of the molecule is COC(=O)[C@@H](N)c1c(OC)ccc2ccccc12. The maximum Gasteiger partial charge on any atom is 0.327 e. The van der Waals surface area contributed by atoms with E-state index in [4.69, 9.17) is 15.2 Å². The summed E-state index contributed by atoms with van der Waals surface area (Å²) >= 11 is 0. The van der Waals surface area contributed by atoms with Gasteiger partial charge >= 0.3 is 5.97 Å². The zero-order valence-corrected chi connectivity index (χ0v) is 10.3. The average Bonchev–Trinajstić information content (AvgIpc) is 2.44. The summed E-state index contributed by atoms with van der Waals surface area (Å²) < 4.78 is 9.98. The molecule has 2 N–H and O–H groups in total. The highest BCUT2D eigenvalue weighted by molar-refractivity contribution is 5.93. The van der Waals surface area contributed by atoms with Gasteiger partial charge < -0.3 is 15.2 Å². The second kappa shape index (κ2) is 5.06. The Bertz CT molecular complexity index is 580. The van der Waals surface area contributed by atoms with Crippen LogP contribution >= 0.6 is 0 Å². The number of fused-ring (bicyclic) bond motifs is 1. The van der Waals surface area contributed by atoms with Crippen molar-refractivity contribution in [1.82, 2.24) is 0 Å². The second-order valence-corrected chi connectivity index (χ2v) is 3.90. The fourth-order valence-electron chi connectivity index (χ4n) is 2.02. The van der Waals surface area contributed by atoms with E-state index in [1.807, 2.05) is 30.3 Å². The predicted molar refractivity (Wildman–Crippen MR) is 69.4 cm³/mol. The number of rotatable bonds is 3. The number of methoxy groups -OCH3 is 2. The minimum atomic E-state index is -0.851. The first-order valence-corrected chi connectivity index (χ1v) is 5.58. The molecule has 0 spiro atoms. The van der Waals surface area contributed by atoms with E-state index < -0.39 is 12.0 Å². The Balaban J connectivity index is 2.68. The number of carbonyl (C=O) groups excluding carboxylic acids is 1. The molecule has 0 saturated heterocycles. The van der Waals surface area contributed by atoms with E-state index in [9.17, 15) is 4.79 Å². The normalized spacial score (nSPS) is 12.2. The van der Waals surface area contributed by atoms with Crippen LogP contribution in [0.1, 0.15) is 11.6 Å². The minimum absolute atomic E-state index is 0.482. The number of ether oxygens (including phenoxy) is 2. The largest absolute Gasteiger partial charge is 0.496 e. The molecular weight excluding hydrogens is 230 g/mol. The molecule has 4 nitrogen and oxygen atoms in total. The van der Waals surface area contributed by atoms with Crippen LogP contribution in [0.5, 0.6) is 5.75 Å². The monoisotopic (exact) mass is 245 g/mol. The average molecular weight is 245 g/mol. The first-order chi connectivity index (χ1) is 8.69. The van der Waals surface area contributed by atoms with Crippen molar-refractivity contribution in [3.63, 3.8) is 0 Å². The molecule has 0 fully saturated rings. The standard InChI is InChI=1S/C14H15NO3/c1-17-11-8-7-9-5-3-4-6-10(9)12(11)13(15)14(16)18-2/h3-8,13H,15H2,1-2H3/t13-/m0/s1. The van der Waals surface area contributed by atoms with Crippen LogP contribution < -0.4 is 10.5 Å². The van der Waals surface area contributed by atoms with Gasteiger partial charge in [-0.05, 0) is 16.8 Å². The van der Waals surface area contributed by atoms with Gasteiger partial charge in [0.05, 0.1) is 14.2 Å². The molecule has 0 heterocycles. The highest BCUT2D eigenvalue weighted by atomic mass is 16.5. The van der Waals surface area contributed by atoms with Gasteiger partial charge in [-0.15, -0.1) is 0 Å². The topological polar surface area (TPSA) is 61.5 Å². The molecule has 18 heavy (non-hydrogen) atoms. The van der Waals surface area contributed by atoms with E-state index in [2.05, 4.69) is 0 Å². The van der Waals surface area contributed by atoms with Crippen LogP contribution in [0.25, 0.3) is 10.8 Å². The third kappa shape index (κ3) is 2.02. The van der Waals surface area contributed by atoms with Crippen LogP contribution in [0.3, 0.4) is 0 Å². The Morgan fingerprint density at radius 1 is 1.17 bits per heavy atom. The number of hydrogen-bond donors (Lipinski definition) is 1. The van der Waals surface area contributed by atoms with Crippen molar-refractivity contribution in [2.75, 3.05) is 14.2 Å². The fourth-order valence-corrected chi connectivity index (χ4v) is 2.02. The van der Waals surface area contributed by atoms with E-state index in [1.165, 1.54) is 7.11 Å². The molecule has 0 bridgehead atoms. The maximum atomic E-state index is 11.6. The molecule has 0 aliphatic rings. The number of benzene rings is 2. The lowest BCUT2D eigenvalue weighted by Crippen LogP contribution is -2.23. The van der Waals surface area contributed by atoms with Crippen LogP contribution in [-0.2, 0) is 9.53 Å². The zero-order chi connectivity index (χ0) is 13.1. The number of hydrogen-bond acceptors (Lipinski definition) is 4. The number of esters is 1. The predicted octanol–water partition coefficient (Wildman–Crippen LogP) is 2.02. The van der Waals surface area contributed by atoms with Crippen molar-refractivity contribution in [2.24, 2.45) is 5.73 Å². The Morgan fingerprint density at radius 3 is 2.56 bits per heavy atom. The highest BCUT2D eigenvalue weighted by Gasteiger charge is 2.22. The van der Waals surface area contributed by atoms with E-state index >= 15 is 0 Å². The van der Waals surface area contributed by atoms with Crippen LogP contribution in [0.4, 0.5) is 0 Å². The Kier molecular flexibility index (Phi) is 3.48. The van der Waals surface area contributed by atoms with Gasteiger partial charge in [0.15, 0.2) is 0 Å². The van der Waals surface area contributed by atoms with Crippen molar-refractivity contribution in [2.45, 2.75) is 6.04 Å². The lowest BCUT2D eigenvalue weighted by atomic mass is 9.98. The summed E-state index contributed by atoms with van der Waals surface area (Å²) in [6.45, 7) is 0. The highest BCUT2D eigenvalue weighted by Crippen LogP contribution is 2.32. The van der Waals surface area contributed by atoms with Gasteiger partial charge in [0.2, 0.25) is 0 Å². The summed E-state index contributed by atoms with van der Waals surface area (Å²) in [5.41, 5.74) is 6.59. The summed E-state index contributed by atoms with van der Waals surface area (Å²) in [5, 5.41) is 1.91. The molecule has 2 aromatic carbocycles. The van der Waals surface area contributed by atoms with E-state index in [0.717, 1.165) is 10.8 Å². The van der Waals surface area contributed by atoms with Crippen molar-refractivity contribution in [1.29, 1.82) is 0 Å². The second-order valence-electron chi connectivity index (χ2n) is 3.90. The van der Waals surface area contributed by atoms with Gasteiger partial charge in [0, 0.05) is 5.56 Å². The smallest absolute Gasteiger partial charge is 0.327 e. The quantitative estimate of drug-likeness (QED) is 0.840. The summed E-state index contributed by atoms with van der Waals surface area (Å²) in [7, 11) is 2.87. The van der Waals surface area contributed by atoms with Crippen molar-refractivity contribution in [3.8, 4) is 5.75 Å². The van der Waals surface area contributed by atoms with Crippen molar-refractivity contribution >= 4 is 16.7 Å². The number of nitrogens with two attached hydrogens (primary N) is 1. The van der Waals surface area contributed by atoms with Gasteiger partial charge in [-0.3, -0.25) is 4.79 Å². The fraction of sp³-hybridized carbons (Fsp3) is 0.214. The molecule has 2 aromatic rings. The van der Waals surface area contributed by atoms with Gasteiger partial charge in [-0.25, -0.2) is 0 Å². The molecule has 2 rings (SSSR count). The van der Waals surface area contributed by atoms with E-state index in [0.29, 0.717) is 11.3 Å². The molecule has 4 heteroatoms. The van der Waals surface area contributed by atoms with Gasteiger partial charge in [0.1, 0.15) is 11.8 Å². The molecule has 0 aliphatic carbocycles. The third-order valence-electron chi connectivity index (χ3n) is 2.92. The minimum Gasteiger partial charge on any atom is -0.496 e. The Hall–Kier alpha value is -2.07. The molecule has 94 valence electrons. The summed E-state index contributed by atoms with van der Waals surface area (Å²) in [5.74, 6) is 0.108. The summed E-state index contributed by atoms with van der Waals surface area (Å²) in [6.07, 6.45) is 0. The molecule has 0 amide bonds. The summed E-state index contributed by atoms with van der Waals surface area (Å²) in [4.78, 5) is 11.6. The van der Waals surface area contributed by atoms with Crippen LogP contribution in [0.2, 0.25) is 0 Å². The van der Waals surface area contributed by atoms with E-state index in [1.54, 1.807) is 13.2 Å². The first kappa shape index (κ1) is 12.4. The summed E-state index contributed by atoms with van der Waals surface area (Å²) in [6, 6.07) is 10.6. The zero-order valence-electron chi connectivity index (χ0n) is 10.3. The molecule has 0 unspecified atom stereocenters. The third-order valence-corrected chi connectivity index (χ3v) is 2.92. The maximum absolute atomic E-state index is 11.6. The molecule has 0 aromatic heterocycles. The van der Waals surface area contributed by atoms with Crippen LogP contribution in [0.15, 0.2) is 36.4 Å². The molecule has 0 radical (unpaired) electrons. The van der Waals surface area contributed by atoms with Gasteiger partial charge in [0.25, 0.3) is 0 Å². The van der Waals surface area contributed by atoms with Gasteiger partial charge in [-0.2, -0.15) is 0 Å². The Morgan fingerprint density at radius 2 is 1.89 bits per heavy atom. The van der Waals surface area contributed by atoms with E-state index in [-0.39, 0.29) is 0 Å². The first-order valence-electron chi connectivity index (χ1n) is 5.58. The molecule has 1 atom stereocenters. The van der Waals surface area contributed by atoms with Crippen molar-refractivity contribution in [3.05, 3.63) is 42.0 Å². The van der Waals surface area contributed by atoms with Crippen LogP contribution in [-0.4, -0.2) is 20.2 Å². The molecule has 0 aliphatic heterocycles.